The second-order valence-electron chi connectivity index (χ2n) is 6.89. The summed E-state index contributed by atoms with van der Waals surface area (Å²) in [6, 6.07) is 10.5. The Morgan fingerprint density at radius 3 is 2.65 bits per heavy atom. The molecule has 2 aliphatic heterocycles. The van der Waals surface area contributed by atoms with Crippen LogP contribution in [-0.4, -0.2) is 24.0 Å². The molecule has 1 fully saturated rings. The molecule has 134 valence electrons. The third kappa shape index (κ3) is 3.22. The van der Waals surface area contributed by atoms with Crippen molar-refractivity contribution >= 4 is 23.5 Å². The van der Waals surface area contributed by atoms with Crippen LogP contribution in [0, 0.1) is 0 Å². The number of Topliss-reactive ketones (excluding diaryl/α,β-unsaturated/α-hetero) is 1. The molecule has 2 heterocycles. The molecule has 2 aromatic rings. The molecule has 4 rings (SSSR count). The van der Waals surface area contributed by atoms with Crippen LogP contribution >= 0.6 is 11.6 Å². The Balaban J connectivity index is 1.67. The third-order valence-corrected chi connectivity index (χ3v) is 5.44. The van der Waals surface area contributed by atoms with Gasteiger partial charge in [-0.1, -0.05) is 29.8 Å². The van der Waals surface area contributed by atoms with Gasteiger partial charge in [0.05, 0.1) is 24.2 Å². The van der Waals surface area contributed by atoms with Crippen molar-refractivity contribution in [3.8, 4) is 11.5 Å². The lowest BCUT2D eigenvalue weighted by molar-refractivity contribution is -0.918. The lowest BCUT2D eigenvalue weighted by Gasteiger charge is -2.24. The van der Waals surface area contributed by atoms with Gasteiger partial charge in [0.15, 0.2) is 11.5 Å². The summed E-state index contributed by atoms with van der Waals surface area (Å²) in [5.41, 5.74) is 1.96. The molecule has 2 N–H and O–H groups in total. The van der Waals surface area contributed by atoms with Gasteiger partial charge < -0.3 is 14.7 Å². The average molecular weight is 371 g/mol. The van der Waals surface area contributed by atoms with Crippen LogP contribution in [0.1, 0.15) is 40.7 Å². The molecule has 0 unspecified atom stereocenters. The summed E-state index contributed by atoms with van der Waals surface area (Å²) in [5.74, 6) is 0.753. The Labute approximate surface area is 157 Å². The molecule has 0 aliphatic carbocycles. The molecule has 0 spiro atoms. The highest BCUT2D eigenvalue weighted by atomic mass is 35.5. The standard InChI is InChI=1S/C21H20ClNO3/c22-17-7-3-2-6-14(17)12-19-20(25)15-8-9-18(24)16(21(15)26-19)13-23-10-4-1-5-11-23/h2-3,6-9,12,24H,1,4-5,10-11,13H2/p+1/b19-12-. The summed E-state index contributed by atoms with van der Waals surface area (Å²) < 4.78 is 5.91. The number of hydrogen-bond donors (Lipinski definition) is 2. The smallest absolute Gasteiger partial charge is 0.231 e. The first-order chi connectivity index (χ1) is 12.6. The summed E-state index contributed by atoms with van der Waals surface area (Å²) in [5, 5.41) is 10.9. The van der Waals surface area contributed by atoms with E-state index in [0.717, 1.165) is 24.2 Å². The highest BCUT2D eigenvalue weighted by Crippen LogP contribution is 2.39. The molecule has 4 nitrogen and oxygen atoms in total. The van der Waals surface area contributed by atoms with Gasteiger partial charge in [0.1, 0.15) is 12.3 Å². The van der Waals surface area contributed by atoms with Crippen LogP contribution < -0.4 is 9.64 Å². The number of likely N-dealkylation sites (tertiary alicyclic amines) is 1. The Hall–Kier alpha value is -2.30. The van der Waals surface area contributed by atoms with Gasteiger partial charge in [0.25, 0.3) is 0 Å². The molecule has 1 saturated heterocycles. The second-order valence-corrected chi connectivity index (χ2v) is 7.30. The van der Waals surface area contributed by atoms with Crippen LogP contribution in [0.3, 0.4) is 0 Å². The predicted octanol–water partition coefficient (Wildman–Crippen LogP) is 3.23. The van der Waals surface area contributed by atoms with Crippen molar-refractivity contribution in [2.45, 2.75) is 25.8 Å². The van der Waals surface area contributed by atoms with Gasteiger partial charge in [-0.3, -0.25) is 4.79 Å². The Morgan fingerprint density at radius 1 is 1.12 bits per heavy atom. The number of piperidine rings is 1. The number of phenols is 1. The lowest BCUT2D eigenvalue weighted by Crippen LogP contribution is -3.11. The van der Waals surface area contributed by atoms with Crippen molar-refractivity contribution in [2.75, 3.05) is 13.1 Å². The molecule has 0 bridgehead atoms. The van der Waals surface area contributed by atoms with Gasteiger partial charge in [-0.25, -0.2) is 0 Å². The third-order valence-electron chi connectivity index (χ3n) is 5.10. The minimum atomic E-state index is -0.171. The fourth-order valence-corrected chi connectivity index (χ4v) is 3.87. The van der Waals surface area contributed by atoms with Crippen molar-refractivity contribution in [1.29, 1.82) is 0 Å². The first-order valence-electron chi connectivity index (χ1n) is 9.00. The number of hydrogen-bond acceptors (Lipinski definition) is 3. The Morgan fingerprint density at radius 2 is 1.88 bits per heavy atom. The quantitative estimate of drug-likeness (QED) is 0.815. The summed E-state index contributed by atoms with van der Waals surface area (Å²) in [6.07, 6.45) is 5.33. The van der Waals surface area contributed by atoms with Crippen LogP contribution in [0.5, 0.6) is 11.5 Å². The predicted molar refractivity (Wildman–Crippen MR) is 101 cm³/mol. The van der Waals surface area contributed by atoms with Gasteiger partial charge >= 0.3 is 0 Å². The van der Waals surface area contributed by atoms with Gasteiger partial charge in [-0.05, 0) is 49.1 Å². The van der Waals surface area contributed by atoms with Gasteiger partial charge in [-0.2, -0.15) is 0 Å². The van der Waals surface area contributed by atoms with E-state index in [1.165, 1.54) is 24.2 Å². The molecule has 26 heavy (non-hydrogen) atoms. The van der Waals surface area contributed by atoms with Crippen molar-refractivity contribution in [2.24, 2.45) is 0 Å². The molecular weight excluding hydrogens is 350 g/mol. The molecule has 2 aliphatic rings. The number of ether oxygens (including phenoxy) is 1. The molecule has 0 saturated carbocycles. The van der Waals surface area contributed by atoms with Gasteiger partial charge in [0, 0.05) is 5.02 Å². The van der Waals surface area contributed by atoms with Crippen molar-refractivity contribution in [1.82, 2.24) is 0 Å². The molecule has 5 heteroatoms. The molecule has 2 aromatic carbocycles. The van der Waals surface area contributed by atoms with Crippen molar-refractivity contribution in [3.63, 3.8) is 0 Å². The van der Waals surface area contributed by atoms with Crippen molar-refractivity contribution < 1.29 is 19.5 Å². The molecule has 0 atom stereocenters. The number of nitrogens with one attached hydrogen (secondary N) is 1. The fraction of sp³-hybridized carbons (Fsp3) is 0.286. The highest BCUT2D eigenvalue weighted by Gasteiger charge is 2.32. The van der Waals surface area contributed by atoms with Crippen LogP contribution in [0.2, 0.25) is 5.02 Å². The number of ketones is 1. The number of carbonyl (C=O) groups excluding carboxylic acids is 1. The van der Waals surface area contributed by atoms with E-state index in [-0.39, 0.29) is 17.3 Å². The van der Waals surface area contributed by atoms with E-state index in [0.29, 0.717) is 22.9 Å². The first-order valence-corrected chi connectivity index (χ1v) is 9.38. The maximum Gasteiger partial charge on any atom is 0.231 e. The molecule has 0 radical (unpaired) electrons. The van der Waals surface area contributed by atoms with E-state index in [9.17, 15) is 9.90 Å². The summed E-state index contributed by atoms with van der Waals surface area (Å²) in [4.78, 5) is 14.2. The number of allylic oxidation sites excluding steroid dienone is 1. The Kier molecular flexibility index (Phi) is 4.70. The SMILES string of the molecule is O=C1/C(=C/c2ccccc2Cl)Oc2c1ccc(O)c2C[NH+]1CCCCC1. The molecular formula is C21H21ClNO3+. The summed E-state index contributed by atoms with van der Waals surface area (Å²) in [7, 11) is 0. The second kappa shape index (κ2) is 7.14. The van der Waals surface area contributed by atoms with Gasteiger partial charge in [-0.15, -0.1) is 0 Å². The monoisotopic (exact) mass is 370 g/mol. The lowest BCUT2D eigenvalue weighted by atomic mass is 10.0. The van der Waals surface area contributed by atoms with E-state index >= 15 is 0 Å². The van der Waals surface area contributed by atoms with E-state index < -0.39 is 0 Å². The van der Waals surface area contributed by atoms with Crippen LogP contribution in [0.25, 0.3) is 6.08 Å². The van der Waals surface area contributed by atoms with Crippen LogP contribution in [0.15, 0.2) is 42.2 Å². The van der Waals surface area contributed by atoms with Crippen LogP contribution in [-0.2, 0) is 6.54 Å². The number of rotatable bonds is 3. The number of benzene rings is 2. The number of carbonyl (C=O) groups is 1. The zero-order valence-electron chi connectivity index (χ0n) is 14.4. The summed E-state index contributed by atoms with van der Waals surface area (Å²) in [6.45, 7) is 2.83. The number of fused-ring (bicyclic) bond motifs is 1. The number of quaternary nitrogens is 1. The minimum absolute atomic E-state index is 0.171. The zero-order valence-corrected chi connectivity index (χ0v) is 15.2. The van der Waals surface area contributed by atoms with E-state index in [2.05, 4.69) is 0 Å². The maximum absolute atomic E-state index is 12.7. The number of halogens is 1. The van der Waals surface area contributed by atoms with E-state index in [1.807, 2.05) is 18.2 Å². The normalized spacial score (nSPS) is 18.8. The fourth-order valence-electron chi connectivity index (χ4n) is 3.68. The van der Waals surface area contributed by atoms with Gasteiger partial charge in [0.2, 0.25) is 5.78 Å². The van der Waals surface area contributed by atoms with E-state index in [4.69, 9.17) is 16.3 Å². The Bertz CT molecular complexity index is 885. The molecule has 0 aromatic heterocycles. The number of phenolic OH excluding ortho intramolecular Hbond substituents is 1. The highest BCUT2D eigenvalue weighted by molar-refractivity contribution is 6.32. The zero-order chi connectivity index (χ0) is 18.1. The minimum Gasteiger partial charge on any atom is -0.507 e. The first kappa shape index (κ1) is 17.1. The van der Waals surface area contributed by atoms with E-state index in [1.54, 1.807) is 24.3 Å². The largest absolute Gasteiger partial charge is 0.507 e. The summed E-state index contributed by atoms with van der Waals surface area (Å²) >= 11 is 6.19. The maximum atomic E-state index is 12.7. The topological polar surface area (TPSA) is 51.0 Å². The average Bonchev–Trinajstić information content (AvgIpc) is 2.96. The van der Waals surface area contributed by atoms with Crippen LogP contribution in [0.4, 0.5) is 0 Å². The molecule has 0 amide bonds. The van der Waals surface area contributed by atoms with Crippen molar-refractivity contribution in [3.05, 3.63) is 63.9 Å². The number of aromatic hydroxyl groups is 1.